The van der Waals surface area contributed by atoms with E-state index < -0.39 is 5.97 Å². The summed E-state index contributed by atoms with van der Waals surface area (Å²) in [6, 6.07) is 24.1. The number of benzene rings is 3. The lowest BCUT2D eigenvalue weighted by atomic mass is 9.80. The topological polar surface area (TPSA) is 64.0 Å². The highest BCUT2D eigenvalue weighted by Crippen LogP contribution is 2.52. The van der Waals surface area contributed by atoms with Crippen molar-refractivity contribution in [2.45, 2.75) is 69.6 Å². The molecule has 0 saturated heterocycles. The molecule has 1 fully saturated rings. The molecule has 3 atom stereocenters. The number of aliphatic hydroxyl groups is 1. The zero-order chi connectivity index (χ0) is 26.4. The summed E-state index contributed by atoms with van der Waals surface area (Å²) >= 11 is 0. The summed E-state index contributed by atoms with van der Waals surface area (Å²) in [5, 5.41) is 18.8. The molecule has 6 rings (SSSR count). The van der Waals surface area contributed by atoms with Crippen molar-refractivity contribution in [1.29, 1.82) is 0 Å². The number of hydrogen-bond donors (Lipinski definition) is 2. The van der Waals surface area contributed by atoms with E-state index >= 15 is 0 Å². The Morgan fingerprint density at radius 3 is 2.58 bits per heavy atom. The number of aliphatic carboxylic acids is 1. The second kappa shape index (κ2) is 9.63. The van der Waals surface area contributed by atoms with Crippen molar-refractivity contribution in [3.63, 3.8) is 0 Å². The van der Waals surface area contributed by atoms with Crippen LogP contribution in [0.15, 0.2) is 72.8 Å². The summed E-state index contributed by atoms with van der Waals surface area (Å²) in [4.78, 5) is 16.2. The first-order chi connectivity index (χ1) is 18.4. The van der Waals surface area contributed by atoms with Gasteiger partial charge in [-0.3, -0.25) is 4.79 Å². The molecule has 3 aliphatic rings. The number of carboxylic acids is 1. The second-order valence-corrected chi connectivity index (χ2v) is 11.5. The quantitative estimate of drug-likeness (QED) is 0.375. The van der Waals surface area contributed by atoms with E-state index in [0.717, 1.165) is 11.3 Å². The van der Waals surface area contributed by atoms with Crippen molar-refractivity contribution in [3.05, 3.63) is 95.1 Å². The van der Waals surface area contributed by atoms with Crippen LogP contribution in [0.5, 0.6) is 0 Å². The van der Waals surface area contributed by atoms with Crippen LogP contribution in [0.25, 0.3) is 6.08 Å². The van der Waals surface area contributed by atoms with Crippen molar-refractivity contribution in [3.8, 4) is 0 Å². The van der Waals surface area contributed by atoms with Crippen LogP contribution in [0, 0.1) is 0 Å². The van der Waals surface area contributed by atoms with Crippen molar-refractivity contribution >= 4 is 29.1 Å². The Bertz CT molecular complexity index is 1380. The van der Waals surface area contributed by atoms with Gasteiger partial charge < -0.3 is 20.0 Å². The van der Waals surface area contributed by atoms with Gasteiger partial charge in [-0.2, -0.15) is 0 Å². The Morgan fingerprint density at radius 1 is 1.03 bits per heavy atom. The average Bonchev–Trinajstić information content (AvgIpc) is 3.57. The summed E-state index contributed by atoms with van der Waals surface area (Å²) in [7, 11) is 0. The number of fused-ring (bicyclic) bond motifs is 4. The summed E-state index contributed by atoms with van der Waals surface area (Å²) in [5.74, 6) is -0.231. The van der Waals surface area contributed by atoms with E-state index in [1.165, 1.54) is 47.3 Å². The lowest BCUT2D eigenvalue weighted by molar-refractivity contribution is -0.136. The second-order valence-electron chi connectivity index (χ2n) is 11.5. The maximum absolute atomic E-state index is 11.4. The van der Waals surface area contributed by atoms with Crippen LogP contribution in [0.2, 0.25) is 0 Å². The lowest BCUT2D eigenvalue weighted by Gasteiger charge is -2.32. The largest absolute Gasteiger partial charge is 0.481 e. The van der Waals surface area contributed by atoms with E-state index in [9.17, 15) is 15.0 Å². The van der Waals surface area contributed by atoms with Crippen LogP contribution >= 0.6 is 0 Å². The van der Waals surface area contributed by atoms with Crippen molar-refractivity contribution < 1.29 is 15.0 Å². The van der Waals surface area contributed by atoms with Gasteiger partial charge in [-0.1, -0.05) is 68.8 Å². The van der Waals surface area contributed by atoms with Crippen molar-refractivity contribution in [2.24, 2.45) is 0 Å². The van der Waals surface area contributed by atoms with Crippen molar-refractivity contribution in [2.75, 3.05) is 16.3 Å². The Balaban J connectivity index is 1.32. The Morgan fingerprint density at radius 2 is 1.82 bits per heavy atom. The highest BCUT2D eigenvalue weighted by atomic mass is 16.4. The van der Waals surface area contributed by atoms with Gasteiger partial charge >= 0.3 is 5.97 Å². The number of nitrogens with zero attached hydrogens (tertiary/aromatic N) is 2. The molecule has 0 spiro atoms. The first kappa shape index (κ1) is 24.7. The molecule has 1 aliphatic carbocycles. The predicted octanol–water partition coefficient (Wildman–Crippen LogP) is 6.62. The van der Waals surface area contributed by atoms with Gasteiger partial charge in [0.15, 0.2) is 0 Å². The van der Waals surface area contributed by atoms with E-state index in [1.54, 1.807) is 0 Å². The van der Waals surface area contributed by atoms with Gasteiger partial charge in [0.1, 0.15) is 0 Å². The molecule has 196 valence electrons. The normalized spacial score (nSPS) is 23.1. The minimum absolute atomic E-state index is 0.0647. The number of rotatable bonds is 7. The van der Waals surface area contributed by atoms with Gasteiger partial charge in [-0.25, -0.2) is 0 Å². The molecular formula is C33H36N2O3. The number of aliphatic hydroxyl groups excluding tert-OH is 1. The third-order valence-corrected chi connectivity index (χ3v) is 8.94. The standard InChI is InChI=1S/C33H36N2O3/c1-33(2)27-7-3-4-8-30(27)34(19-18-32(37)38)31(33)17-13-22-12-16-29-26(20-22)25-6-5-9-28(25)35(29)24-14-10-23(21-36)11-15-24/h3-4,7-8,10-17,20,25,28,31,36H,5-6,9,18-19,21H2,1-2H3,(H,37,38). The number of para-hydroxylation sites is 1. The van der Waals surface area contributed by atoms with E-state index in [0.29, 0.717) is 18.5 Å². The highest BCUT2D eigenvalue weighted by molar-refractivity contribution is 5.76. The maximum Gasteiger partial charge on any atom is 0.305 e. The Labute approximate surface area is 225 Å². The minimum Gasteiger partial charge on any atom is -0.481 e. The van der Waals surface area contributed by atoms with Crippen LogP contribution in [-0.4, -0.2) is 34.8 Å². The van der Waals surface area contributed by atoms with Crippen LogP contribution in [0.1, 0.15) is 67.7 Å². The Hall–Kier alpha value is -3.57. The zero-order valence-electron chi connectivity index (χ0n) is 22.2. The van der Waals surface area contributed by atoms with Crippen LogP contribution < -0.4 is 9.80 Å². The highest BCUT2D eigenvalue weighted by Gasteiger charge is 2.44. The van der Waals surface area contributed by atoms with Crippen LogP contribution in [0.4, 0.5) is 17.1 Å². The van der Waals surface area contributed by atoms with E-state index in [2.05, 4.69) is 84.3 Å². The molecule has 3 unspecified atom stereocenters. The minimum atomic E-state index is -0.768. The lowest BCUT2D eigenvalue weighted by Crippen LogP contribution is -2.41. The molecular weight excluding hydrogens is 472 g/mol. The van der Waals surface area contributed by atoms with E-state index in [-0.39, 0.29) is 24.5 Å². The van der Waals surface area contributed by atoms with Crippen LogP contribution in [0.3, 0.4) is 0 Å². The average molecular weight is 509 g/mol. The van der Waals surface area contributed by atoms with Gasteiger partial charge in [0.25, 0.3) is 0 Å². The maximum atomic E-state index is 11.4. The molecule has 3 aromatic rings. The first-order valence-electron chi connectivity index (χ1n) is 13.8. The fourth-order valence-corrected chi connectivity index (χ4v) is 7.07. The fourth-order valence-electron chi connectivity index (χ4n) is 7.07. The smallest absolute Gasteiger partial charge is 0.305 e. The third kappa shape index (κ3) is 4.10. The third-order valence-electron chi connectivity index (χ3n) is 8.94. The van der Waals surface area contributed by atoms with Gasteiger partial charge in [-0.15, -0.1) is 0 Å². The summed E-state index contributed by atoms with van der Waals surface area (Å²) in [5.41, 5.74) is 8.33. The molecule has 2 N–H and O–H groups in total. The number of hydrogen-bond acceptors (Lipinski definition) is 4. The molecule has 1 saturated carbocycles. The molecule has 5 heteroatoms. The Kier molecular flexibility index (Phi) is 6.27. The number of anilines is 3. The molecule has 0 bridgehead atoms. The SMILES string of the molecule is CC1(C)c2ccccc2N(CCC(=O)O)C1C=Cc1ccc2c(c1)C1CCCC1N2c1ccc(CO)cc1. The first-order valence-corrected chi connectivity index (χ1v) is 13.8. The number of carboxylic acid groups (broad SMARTS) is 1. The van der Waals surface area contributed by atoms with Crippen molar-refractivity contribution in [1.82, 2.24) is 0 Å². The molecule has 38 heavy (non-hydrogen) atoms. The van der Waals surface area contributed by atoms with Gasteiger partial charge in [0, 0.05) is 41.0 Å². The monoisotopic (exact) mass is 508 g/mol. The zero-order valence-corrected chi connectivity index (χ0v) is 22.2. The van der Waals surface area contributed by atoms with Gasteiger partial charge in [0.05, 0.1) is 19.1 Å². The van der Waals surface area contributed by atoms with Crippen LogP contribution in [-0.2, 0) is 16.8 Å². The summed E-state index contributed by atoms with van der Waals surface area (Å²) in [6.45, 7) is 5.07. The predicted molar refractivity (Wildman–Crippen MR) is 153 cm³/mol. The summed E-state index contributed by atoms with van der Waals surface area (Å²) < 4.78 is 0. The summed E-state index contributed by atoms with van der Waals surface area (Å²) in [6.07, 6.45) is 8.27. The van der Waals surface area contributed by atoms with Gasteiger partial charge in [0.2, 0.25) is 0 Å². The molecule has 0 aromatic heterocycles. The molecule has 2 heterocycles. The molecule has 2 aliphatic heterocycles. The molecule has 0 radical (unpaired) electrons. The molecule has 0 amide bonds. The molecule has 5 nitrogen and oxygen atoms in total. The van der Waals surface area contributed by atoms with E-state index in [1.807, 2.05) is 18.2 Å². The number of carbonyl (C=O) groups is 1. The molecule has 3 aromatic carbocycles. The van der Waals surface area contributed by atoms with E-state index in [4.69, 9.17) is 0 Å². The van der Waals surface area contributed by atoms with Gasteiger partial charge in [-0.05, 0) is 65.4 Å². The fraction of sp³-hybridized carbons (Fsp3) is 0.364.